The van der Waals surface area contributed by atoms with Gasteiger partial charge in [0.1, 0.15) is 23.0 Å². The quantitative estimate of drug-likeness (QED) is 0.329. The first kappa shape index (κ1) is 22.9. The molecule has 0 aliphatic heterocycles. The van der Waals surface area contributed by atoms with Crippen LogP contribution >= 0.6 is 24.8 Å². The van der Waals surface area contributed by atoms with Gasteiger partial charge in [-0.1, -0.05) is 30.3 Å². The molecule has 0 spiro atoms. The molecule has 0 radical (unpaired) electrons. The van der Waals surface area contributed by atoms with E-state index < -0.39 is 0 Å². The van der Waals surface area contributed by atoms with E-state index in [1.54, 1.807) is 0 Å². The van der Waals surface area contributed by atoms with Crippen LogP contribution in [0.2, 0.25) is 0 Å². The molecule has 0 unspecified atom stereocenters. The molecule has 0 amide bonds. The molecule has 0 aliphatic carbocycles. The van der Waals surface area contributed by atoms with Crippen molar-refractivity contribution in [3.05, 3.63) is 97.1 Å². The number of anilines is 2. The molecule has 0 saturated heterocycles. The van der Waals surface area contributed by atoms with E-state index in [0.29, 0.717) is 17.1 Å². The smallest absolute Gasteiger partial charge is 0.135 e. The molecule has 0 aromatic heterocycles. The second kappa shape index (κ2) is 10.4. The zero-order valence-corrected chi connectivity index (χ0v) is 17.7. The molecule has 6 heteroatoms. The van der Waals surface area contributed by atoms with Crippen molar-refractivity contribution in [2.45, 2.75) is 0 Å². The van der Waals surface area contributed by atoms with Crippen LogP contribution in [0.15, 0.2) is 97.1 Å². The highest BCUT2D eigenvalue weighted by Gasteiger charge is 2.10. The molecule has 0 atom stereocenters. The average Bonchev–Trinajstić information content (AvgIpc) is 2.73. The molecule has 0 saturated carbocycles. The third-order valence-electron chi connectivity index (χ3n) is 4.26. The SMILES string of the molecule is Cl.Cl.Nc1ccc(Oc2ccc(Oc3ccc(N)cc3)c(-c3ccccc3)c2)cc1. The summed E-state index contributed by atoms with van der Waals surface area (Å²) in [4.78, 5) is 0. The summed E-state index contributed by atoms with van der Waals surface area (Å²) >= 11 is 0. The molecule has 0 aliphatic rings. The van der Waals surface area contributed by atoms with Gasteiger partial charge < -0.3 is 20.9 Å². The maximum Gasteiger partial charge on any atom is 0.135 e. The Balaban J connectivity index is 0.00000160. The Morgan fingerprint density at radius 3 is 1.57 bits per heavy atom. The maximum absolute atomic E-state index is 6.11. The highest BCUT2D eigenvalue weighted by Crippen LogP contribution is 2.37. The normalized spacial score (nSPS) is 9.73. The average molecular weight is 441 g/mol. The van der Waals surface area contributed by atoms with Gasteiger partial charge in [0, 0.05) is 16.9 Å². The second-order valence-corrected chi connectivity index (χ2v) is 6.37. The molecule has 4 nitrogen and oxygen atoms in total. The summed E-state index contributed by atoms with van der Waals surface area (Å²) < 4.78 is 12.1. The molecule has 0 fully saturated rings. The third-order valence-corrected chi connectivity index (χ3v) is 4.26. The predicted molar refractivity (Wildman–Crippen MR) is 128 cm³/mol. The van der Waals surface area contributed by atoms with Crippen LogP contribution in [0.5, 0.6) is 23.0 Å². The van der Waals surface area contributed by atoms with Gasteiger partial charge in [-0.15, -0.1) is 24.8 Å². The number of rotatable bonds is 5. The lowest BCUT2D eigenvalue weighted by molar-refractivity contribution is 0.471. The number of hydrogen-bond donors (Lipinski definition) is 2. The van der Waals surface area contributed by atoms with Crippen molar-refractivity contribution in [3.63, 3.8) is 0 Å². The lowest BCUT2D eigenvalue weighted by atomic mass is 10.0. The van der Waals surface area contributed by atoms with E-state index in [2.05, 4.69) is 0 Å². The van der Waals surface area contributed by atoms with Gasteiger partial charge in [0.05, 0.1) is 0 Å². The maximum atomic E-state index is 6.11. The molecule has 0 bridgehead atoms. The number of benzene rings is 4. The number of nitrogens with two attached hydrogens (primary N) is 2. The first-order chi connectivity index (χ1) is 13.7. The summed E-state index contributed by atoms with van der Waals surface area (Å²) in [5, 5.41) is 0. The monoisotopic (exact) mass is 440 g/mol. The third kappa shape index (κ3) is 5.60. The summed E-state index contributed by atoms with van der Waals surface area (Å²) in [7, 11) is 0. The summed E-state index contributed by atoms with van der Waals surface area (Å²) in [5.74, 6) is 2.90. The Kier molecular flexibility index (Phi) is 7.98. The lowest BCUT2D eigenvalue weighted by Crippen LogP contribution is -1.92. The minimum atomic E-state index is 0. The zero-order valence-electron chi connectivity index (χ0n) is 16.0. The van der Waals surface area contributed by atoms with E-state index in [4.69, 9.17) is 20.9 Å². The van der Waals surface area contributed by atoms with Crippen LogP contribution in [0, 0.1) is 0 Å². The van der Waals surface area contributed by atoms with Crippen LogP contribution in [0.4, 0.5) is 11.4 Å². The van der Waals surface area contributed by atoms with Crippen LogP contribution in [0.3, 0.4) is 0 Å². The van der Waals surface area contributed by atoms with Crippen molar-refractivity contribution in [2.24, 2.45) is 0 Å². The Hall–Kier alpha value is -3.34. The van der Waals surface area contributed by atoms with Gasteiger partial charge >= 0.3 is 0 Å². The topological polar surface area (TPSA) is 70.5 Å². The van der Waals surface area contributed by atoms with Crippen LogP contribution < -0.4 is 20.9 Å². The van der Waals surface area contributed by atoms with E-state index in [9.17, 15) is 0 Å². The van der Waals surface area contributed by atoms with Gasteiger partial charge in [0.2, 0.25) is 0 Å². The van der Waals surface area contributed by atoms with Gasteiger partial charge in [0.15, 0.2) is 0 Å². The van der Waals surface area contributed by atoms with Gasteiger partial charge in [0.25, 0.3) is 0 Å². The zero-order chi connectivity index (χ0) is 19.3. The van der Waals surface area contributed by atoms with Crippen molar-refractivity contribution >= 4 is 36.2 Å². The first-order valence-corrected chi connectivity index (χ1v) is 8.94. The van der Waals surface area contributed by atoms with E-state index in [0.717, 1.165) is 28.4 Å². The fourth-order valence-electron chi connectivity index (χ4n) is 2.84. The Morgan fingerprint density at radius 2 is 1.00 bits per heavy atom. The lowest BCUT2D eigenvalue weighted by Gasteiger charge is -2.14. The van der Waals surface area contributed by atoms with Gasteiger partial charge in [-0.2, -0.15) is 0 Å². The number of hydrogen-bond acceptors (Lipinski definition) is 4. The molecule has 154 valence electrons. The van der Waals surface area contributed by atoms with Gasteiger partial charge in [-0.05, 0) is 72.3 Å². The van der Waals surface area contributed by atoms with Crippen molar-refractivity contribution in [3.8, 4) is 34.1 Å². The summed E-state index contributed by atoms with van der Waals surface area (Å²) in [6.45, 7) is 0. The van der Waals surface area contributed by atoms with Crippen LogP contribution in [-0.4, -0.2) is 0 Å². The van der Waals surface area contributed by atoms with Gasteiger partial charge in [-0.3, -0.25) is 0 Å². The first-order valence-electron chi connectivity index (χ1n) is 8.94. The predicted octanol–water partition coefficient (Wildman–Crippen LogP) is 6.95. The Morgan fingerprint density at radius 1 is 0.500 bits per heavy atom. The molecule has 4 aromatic rings. The Bertz CT molecular complexity index is 1070. The molecule has 0 heterocycles. The Labute approximate surface area is 188 Å². The van der Waals surface area contributed by atoms with E-state index in [-0.39, 0.29) is 24.8 Å². The second-order valence-electron chi connectivity index (χ2n) is 6.37. The summed E-state index contributed by atoms with van der Waals surface area (Å²) in [5.41, 5.74) is 14.9. The van der Waals surface area contributed by atoms with Gasteiger partial charge in [-0.25, -0.2) is 0 Å². The van der Waals surface area contributed by atoms with Crippen molar-refractivity contribution in [1.29, 1.82) is 0 Å². The van der Waals surface area contributed by atoms with Crippen LogP contribution in [0.1, 0.15) is 0 Å². The number of ether oxygens (including phenoxy) is 2. The van der Waals surface area contributed by atoms with E-state index in [1.165, 1.54) is 0 Å². The molecule has 4 aromatic carbocycles. The molecule has 4 rings (SSSR count). The number of nitrogen functional groups attached to an aromatic ring is 2. The van der Waals surface area contributed by atoms with Crippen LogP contribution in [-0.2, 0) is 0 Å². The standard InChI is InChI=1S/C24H20N2O2.2ClH/c25-18-6-10-20(11-7-18)27-22-14-15-24(28-21-12-8-19(26)9-13-21)23(16-22)17-4-2-1-3-5-17;;/h1-16H,25-26H2;2*1H. The van der Waals surface area contributed by atoms with E-state index >= 15 is 0 Å². The van der Waals surface area contributed by atoms with Crippen LogP contribution in [0.25, 0.3) is 11.1 Å². The molecular formula is C24H22Cl2N2O2. The minimum Gasteiger partial charge on any atom is -0.457 e. The summed E-state index contributed by atoms with van der Waals surface area (Å²) in [6.07, 6.45) is 0. The van der Waals surface area contributed by atoms with E-state index in [1.807, 2.05) is 97.1 Å². The molecule has 4 N–H and O–H groups in total. The summed E-state index contributed by atoms with van der Waals surface area (Å²) in [6, 6.07) is 30.5. The van der Waals surface area contributed by atoms with Crippen molar-refractivity contribution in [2.75, 3.05) is 11.5 Å². The highest BCUT2D eigenvalue weighted by molar-refractivity contribution is 5.85. The van der Waals surface area contributed by atoms with Crippen molar-refractivity contribution in [1.82, 2.24) is 0 Å². The molecular weight excluding hydrogens is 419 g/mol. The fraction of sp³-hybridized carbons (Fsp3) is 0. The van der Waals surface area contributed by atoms with Crippen molar-refractivity contribution < 1.29 is 9.47 Å². The number of halogens is 2. The largest absolute Gasteiger partial charge is 0.457 e. The fourth-order valence-corrected chi connectivity index (χ4v) is 2.84. The minimum absolute atomic E-state index is 0. The highest BCUT2D eigenvalue weighted by atomic mass is 35.5. The molecule has 30 heavy (non-hydrogen) atoms.